The molecule has 0 saturated heterocycles. The van der Waals surface area contributed by atoms with Crippen LogP contribution in [0.1, 0.15) is 20.8 Å². The third-order valence-electron chi connectivity index (χ3n) is 1.67. The smallest absolute Gasteiger partial charge is 0.329 e. The standard InChI is InChI=1S/C10H17BO3/c1-6-9(12)14-8(3)11-10(4,5)13-7-2/h6-8,11H,1-2H2,3-5H3. The molecule has 4 heteroatoms. The fourth-order valence-electron chi connectivity index (χ4n) is 1.25. The summed E-state index contributed by atoms with van der Waals surface area (Å²) in [5.74, 6) is -0.410. The minimum atomic E-state index is -0.410. The zero-order valence-electron chi connectivity index (χ0n) is 9.08. The average molecular weight is 196 g/mol. The monoisotopic (exact) mass is 196 g/mol. The lowest BCUT2D eigenvalue weighted by atomic mass is 9.58. The molecule has 0 bridgehead atoms. The lowest BCUT2D eigenvalue weighted by molar-refractivity contribution is -0.139. The molecule has 0 amide bonds. The van der Waals surface area contributed by atoms with E-state index in [2.05, 4.69) is 13.2 Å². The van der Waals surface area contributed by atoms with Crippen LogP contribution >= 0.6 is 0 Å². The van der Waals surface area contributed by atoms with Gasteiger partial charge in [-0.15, -0.1) is 0 Å². The molecule has 0 rings (SSSR count). The van der Waals surface area contributed by atoms with Gasteiger partial charge in [-0.05, 0) is 20.8 Å². The van der Waals surface area contributed by atoms with Crippen molar-refractivity contribution in [2.24, 2.45) is 0 Å². The normalized spacial score (nSPS) is 12.5. The largest absolute Gasteiger partial charge is 0.505 e. The predicted octanol–water partition coefficient (Wildman–Crippen LogP) is 1.39. The Morgan fingerprint density at radius 3 is 2.50 bits per heavy atom. The molecule has 0 N–H and O–H groups in total. The van der Waals surface area contributed by atoms with E-state index in [-0.39, 0.29) is 11.5 Å². The Balaban J connectivity index is 4.03. The van der Waals surface area contributed by atoms with Gasteiger partial charge in [0.05, 0.1) is 17.8 Å². The summed E-state index contributed by atoms with van der Waals surface area (Å²) in [6.45, 7) is 12.4. The van der Waals surface area contributed by atoms with Crippen LogP contribution < -0.4 is 0 Å². The van der Waals surface area contributed by atoms with Crippen molar-refractivity contribution >= 4 is 13.2 Å². The molecule has 0 fully saturated rings. The first-order valence-electron chi connectivity index (χ1n) is 4.53. The second-order valence-corrected chi connectivity index (χ2v) is 3.70. The van der Waals surface area contributed by atoms with E-state index in [4.69, 9.17) is 9.47 Å². The Morgan fingerprint density at radius 2 is 2.07 bits per heavy atom. The summed E-state index contributed by atoms with van der Waals surface area (Å²) >= 11 is 0. The maximum Gasteiger partial charge on any atom is 0.329 e. The quantitative estimate of drug-likeness (QED) is 0.278. The zero-order valence-corrected chi connectivity index (χ0v) is 9.08. The summed E-state index contributed by atoms with van der Waals surface area (Å²) in [5, 5.41) is 0. The molecule has 0 aromatic rings. The topological polar surface area (TPSA) is 35.5 Å². The van der Waals surface area contributed by atoms with Crippen molar-refractivity contribution in [3.05, 3.63) is 25.5 Å². The fraction of sp³-hybridized carbons (Fsp3) is 0.500. The van der Waals surface area contributed by atoms with E-state index < -0.39 is 5.97 Å². The molecule has 78 valence electrons. The lowest BCUT2D eigenvalue weighted by Crippen LogP contribution is -2.39. The van der Waals surface area contributed by atoms with Gasteiger partial charge in [0.2, 0.25) is 7.28 Å². The van der Waals surface area contributed by atoms with Crippen molar-refractivity contribution in [2.75, 3.05) is 0 Å². The van der Waals surface area contributed by atoms with Crippen LogP contribution in [0.5, 0.6) is 0 Å². The molecule has 0 aromatic carbocycles. The number of hydrogen-bond acceptors (Lipinski definition) is 3. The molecule has 0 aliphatic rings. The molecule has 0 spiro atoms. The van der Waals surface area contributed by atoms with Gasteiger partial charge in [-0.25, -0.2) is 4.79 Å². The average Bonchev–Trinajstić information content (AvgIpc) is 2.02. The molecule has 1 unspecified atom stereocenters. The van der Waals surface area contributed by atoms with Crippen LogP contribution in [-0.4, -0.2) is 24.8 Å². The highest BCUT2D eigenvalue weighted by Gasteiger charge is 2.25. The van der Waals surface area contributed by atoms with Crippen LogP contribution in [-0.2, 0) is 14.3 Å². The Hall–Kier alpha value is -1.19. The summed E-state index contributed by atoms with van der Waals surface area (Å²) in [6.07, 6.45) is 2.54. The van der Waals surface area contributed by atoms with Crippen molar-refractivity contribution in [2.45, 2.75) is 32.3 Å². The maximum absolute atomic E-state index is 10.9. The first kappa shape index (κ1) is 12.8. The van der Waals surface area contributed by atoms with Crippen LogP contribution in [0.25, 0.3) is 0 Å². The summed E-state index contributed by atoms with van der Waals surface area (Å²) in [4.78, 5) is 10.9. The van der Waals surface area contributed by atoms with Gasteiger partial charge in [0.1, 0.15) is 0 Å². The van der Waals surface area contributed by atoms with Gasteiger partial charge in [0.15, 0.2) is 0 Å². The molecular weight excluding hydrogens is 179 g/mol. The highest BCUT2D eigenvalue weighted by molar-refractivity contribution is 6.41. The lowest BCUT2D eigenvalue weighted by Gasteiger charge is -2.25. The number of esters is 1. The van der Waals surface area contributed by atoms with Gasteiger partial charge >= 0.3 is 5.97 Å². The Bertz CT molecular complexity index is 223. The van der Waals surface area contributed by atoms with E-state index in [0.717, 1.165) is 6.08 Å². The van der Waals surface area contributed by atoms with Gasteiger partial charge in [-0.2, -0.15) is 0 Å². The van der Waals surface area contributed by atoms with Crippen LogP contribution in [0, 0.1) is 0 Å². The Labute approximate surface area is 86.0 Å². The minimum absolute atomic E-state index is 0.199. The molecule has 0 aromatic heterocycles. The number of rotatable bonds is 6. The van der Waals surface area contributed by atoms with Crippen molar-refractivity contribution in [3.63, 3.8) is 0 Å². The molecule has 0 saturated carbocycles. The molecule has 0 aliphatic carbocycles. The van der Waals surface area contributed by atoms with Crippen molar-refractivity contribution in [1.82, 2.24) is 0 Å². The van der Waals surface area contributed by atoms with Gasteiger partial charge in [-0.1, -0.05) is 13.2 Å². The molecule has 0 aliphatic heterocycles. The highest BCUT2D eigenvalue weighted by atomic mass is 16.5. The van der Waals surface area contributed by atoms with Crippen LogP contribution in [0.3, 0.4) is 0 Å². The van der Waals surface area contributed by atoms with Gasteiger partial charge in [0.25, 0.3) is 0 Å². The minimum Gasteiger partial charge on any atom is -0.505 e. The molecule has 3 nitrogen and oxygen atoms in total. The van der Waals surface area contributed by atoms with Gasteiger partial charge in [-0.3, -0.25) is 0 Å². The van der Waals surface area contributed by atoms with E-state index in [9.17, 15) is 4.79 Å². The number of carbonyl (C=O) groups is 1. The number of carbonyl (C=O) groups excluding carboxylic acids is 1. The van der Waals surface area contributed by atoms with Gasteiger partial charge < -0.3 is 9.47 Å². The summed E-state index contributed by atoms with van der Waals surface area (Å²) in [7, 11) is 0.610. The maximum atomic E-state index is 10.9. The molecule has 0 radical (unpaired) electrons. The van der Waals surface area contributed by atoms with Gasteiger partial charge in [0, 0.05) is 6.08 Å². The highest BCUT2D eigenvalue weighted by Crippen LogP contribution is 2.10. The van der Waals surface area contributed by atoms with Crippen LogP contribution in [0.2, 0.25) is 0 Å². The second-order valence-electron chi connectivity index (χ2n) is 3.70. The van der Waals surface area contributed by atoms with E-state index in [1.165, 1.54) is 6.26 Å². The first-order chi connectivity index (χ1) is 6.41. The summed E-state index contributed by atoms with van der Waals surface area (Å²) in [5.41, 5.74) is -0.372. The summed E-state index contributed by atoms with van der Waals surface area (Å²) < 4.78 is 10.3. The van der Waals surface area contributed by atoms with Crippen molar-refractivity contribution in [3.8, 4) is 0 Å². The number of hydrogen-bond donors (Lipinski definition) is 0. The van der Waals surface area contributed by atoms with E-state index >= 15 is 0 Å². The van der Waals surface area contributed by atoms with E-state index in [1.807, 2.05) is 20.8 Å². The van der Waals surface area contributed by atoms with E-state index in [0.29, 0.717) is 7.28 Å². The van der Waals surface area contributed by atoms with Crippen LogP contribution in [0.4, 0.5) is 0 Å². The third-order valence-corrected chi connectivity index (χ3v) is 1.67. The SMILES string of the molecule is C=COC(C)(C)BC(C)OC(=O)C=C. The van der Waals surface area contributed by atoms with E-state index in [1.54, 1.807) is 0 Å². The Kier molecular flexibility index (Phi) is 5.06. The second kappa shape index (κ2) is 5.53. The predicted molar refractivity (Wildman–Crippen MR) is 58.3 cm³/mol. The molecule has 14 heavy (non-hydrogen) atoms. The number of ether oxygens (including phenoxy) is 2. The fourth-order valence-corrected chi connectivity index (χ4v) is 1.25. The molecule has 0 heterocycles. The van der Waals surface area contributed by atoms with Crippen molar-refractivity contribution < 1.29 is 14.3 Å². The molecule has 1 atom stereocenters. The zero-order chi connectivity index (χ0) is 11.2. The first-order valence-corrected chi connectivity index (χ1v) is 4.53. The Morgan fingerprint density at radius 1 is 1.50 bits per heavy atom. The third kappa shape index (κ3) is 5.46. The summed E-state index contributed by atoms with van der Waals surface area (Å²) in [6, 6.07) is -0.199. The van der Waals surface area contributed by atoms with Crippen molar-refractivity contribution in [1.29, 1.82) is 0 Å². The molecular formula is C10H17BO3. The van der Waals surface area contributed by atoms with Crippen LogP contribution in [0.15, 0.2) is 25.5 Å².